The van der Waals surface area contributed by atoms with Crippen LogP contribution in [0.3, 0.4) is 0 Å². The monoisotopic (exact) mass is 196 g/mol. The number of nitrogens with one attached hydrogen (secondary N) is 2. The molecule has 0 aliphatic heterocycles. The Morgan fingerprint density at radius 2 is 1.86 bits per heavy atom. The molecule has 0 aromatic carbocycles. The molecule has 82 valence electrons. The Morgan fingerprint density at radius 3 is 2.29 bits per heavy atom. The zero-order valence-electron chi connectivity index (χ0n) is 10.2. The molecular weight excluding hydrogens is 172 g/mol. The second-order valence-corrected chi connectivity index (χ2v) is 3.60. The normalized spacial score (nSPS) is 13.9. The summed E-state index contributed by atoms with van der Waals surface area (Å²) in [6.45, 7) is 7.53. The van der Waals surface area contributed by atoms with Crippen molar-refractivity contribution in [2.75, 3.05) is 20.6 Å². The van der Waals surface area contributed by atoms with Crippen molar-refractivity contribution in [3.05, 3.63) is 22.9 Å². The van der Waals surface area contributed by atoms with Crippen LogP contribution in [0.4, 0.5) is 0 Å². The van der Waals surface area contributed by atoms with Gasteiger partial charge >= 0.3 is 0 Å². The van der Waals surface area contributed by atoms with E-state index in [1.807, 2.05) is 14.1 Å². The van der Waals surface area contributed by atoms with Crippen molar-refractivity contribution in [1.29, 1.82) is 0 Å². The van der Waals surface area contributed by atoms with Gasteiger partial charge in [-0.3, -0.25) is 0 Å². The van der Waals surface area contributed by atoms with Crippen molar-refractivity contribution < 1.29 is 0 Å². The average Bonchev–Trinajstić information content (AvgIpc) is 2.22. The van der Waals surface area contributed by atoms with Crippen LogP contribution in [0.1, 0.15) is 33.6 Å². The molecule has 2 heteroatoms. The summed E-state index contributed by atoms with van der Waals surface area (Å²) >= 11 is 0. The van der Waals surface area contributed by atoms with E-state index in [4.69, 9.17) is 0 Å². The van der Waals surface area contributed by atoms with Gasteiger partial charge in [0.1, 0.15) is 0 Å². The maximum atomic E-state index is 3.21. The van der Waals surface area contributed by atoms with E-state index in [0.717, 1.165) is 19.4 Å². The molecule has 0 atom stereocenters. The van der Waals surface area contributed by atoms with Gasteiger partial charge in [0.2, 0.25) is 0 Å². The minimum absolute atomic E-state index is 1.03. The first kappa shape index (κ1) is 13.2. The largest absolute Gasteiger partial charge is 0.391 e. The van der Waals surface area contributed by atoms with Gasteiger partial charge in [0, 0.05) is 12.7 Å². The van der Waals surface area contributed by atoms with Crippen LogP contribution in [0.15, 0.2) is 22.9 Å². The summed E-state index contributed by atoms with van der Waals surface area (Å²) in [4.78, 5) is 0. The number of allylic oxidation sites excluding steroid dienone is 3. The SMILES string of the molecule is CC/C(C)=C/C(CCNC)=C(/C)NC. The first-order valence-electron chi connectivity index (χ1n) is 5.35. The van der Waals surface area contributed by atoms with Crippen LogP contribution in [0.5, 0.6) is 0 Å². The lowest BCUT2D eigenvalue weighted by molar-refractivity contribution is 0.779. The summed E-state index contributed by atoms with van der Waals surface area (Å²) < 4.78 is 0. The quantitative estimate of drug-likeness (QED) is 0.638. The Balaban J connectivity index is 4.56. The smallest absolute Gasteiger partial charge is 0.0105 e. The Kier molecular flexibility index (Phi) is 7.21. The van der Waals surface area contributed by atoms with Crippen LogP contribution in [0.2, 0.25) is 0 Å². The molecule has 0 radical (unpaired) electrons. The van der Waals surface area contributed by atoms with E-state index in [0.29, 0.717) is 0 Å². The highest BCUT2D eigenvalue weighted by Gasteiger charge is 1.98. The Bertz CT molecular complexity index is 214. The third-order valence-corrected chi connectivity index (χ3v) is 2.48. The maximum absolute atomic E-state index is 3.21. The average molecular weight is 196 g/mol. The molecule has 0 fully saturated rings. The fraction of sp³-hybridized carbons (Fsp3) is 0.667. The molecule has 0 saturated carbocycles. The van der Waals surface area contributed by atoms with Gasteiger partial charge in [-0.2, -0.15) is 0 Å². The summed E-state index contributed by atoms with van der Waals surface area (Å²) in [5, 5.41) is 6.39. The zero-order chi connectivity index (χ0) is 11.0. The summed E-state index contributed by atoms with van der Waals surface area (Å²) in [5.41, 5.74) is 4.11. The van der Waals surface area contributed by atoms with E-state index in [-0.39, 0.29) is 0 Å². The first-order chi connectivity index (χ1) is 6.65. The van der Waals surface area contributed by atoms with Crippen molar-refractivity contribution in [3.63, 3.8) is 0 Å². The van der Waals surface area contributed by atoms with E-state index < -0.39 is 0 Å². The van der Waals surface area contributed by atoms with Gasteiger partial charge < -0.3 is 10.6 Å². The van der Waals surface area contributed by atoms with Crippen LogP contribution >= 0.6 is 0 Å². The van der Waals surface area contributed by atoms with Gasteiger partial charge in [-0.25, -0.2) is 0 Å². The van der Waals surface area contributed by atoms with E-state index in [1.165, 1.54) is 16.8 Å². The predicted molar refractivity (Wildman–Crippen MR) is 64.4 cm³/mol. The molecule has 0 rings (SSSR count). The van der Waals surface area contributed by atoms with Crippen LogP contribution in [0.25, 0.3) is 0 Å². The van der Waals surface area contributed by atoms with Crippen molar-refractivity contribution in [2.45, 2.75) is 33.6 Å². The molecule has 14 heavy (non-hydrogen) atoms. The molecular formula is C12H24N2. The van der Waals surface area contributed by atoms with Crippen LogP contribution in [-0.2, 0) is 0 Å². The number of hydrogen-bond acceptors (Lipinski definition) is 2. The number of hydrogen-bond donors (Lipinski definition) is 2. The van der Waals surface area contributed by atoms with E-state index in [9.17, 15) is 0 Å². The van der Waals surface area contributed by atoms with Crippen LogP contribution in [-0.4, -0.2) is 20.6 Å². The van der Waals surface area contributed by atoms with Gasteiger partial charge in [-0.05, 0) is 45.9 Å². The summed E-state index contributed by atoms with van der Waals surface area (Å²) in [6.07, 6.45) is 4.50. The summed E-state index contributed by atoms with van der Waals surface area (Å²) in [7, 11) is 3.96. The van der Waals surface area contributed by atoms with Gasteiger partial charge in [-0.1, -0.05) is 18.6 Å². The Labute approximate surface area is 88.5 Å². The van der Waals surface area contributed by atoms with Crippen molar-refractivity contribution in [1.82, 2.24) is 10.6 Å². The molecule has 0 aliphatic carbocycles. The maximum Gasteiger partial charge on any atom is 0.0105 e. The molecule has 0 unspecified atom stereocenters. The van der Waals surface area contributed by atoms with Gasteiger partial charge in [-0.15, -0.1) is 0 Å². The lowest BCUT2D eigenvalue weighted by atomic mass is 10.1. The zero-order valence-corrected chi connectivity index (χ0v) is 10.2. The minimum Gasteiger partial charge on any atom is -0.391 e. The highest BCUT2D eigenvalue weighted by Crippen LogP contribution is 2.12. The van der Waals surface area contributed by atoms with Crippen molar-refractivity contribution in [2.24, 2.45) is 0 Å². The van der Waals surface area contributed by atoms with Gasteiger partial charge in [0.15, 0.2) is 0 Å². The molecule has 0 saturated heterocycles. The highest BCUT2D eigenvalue weighted by molar-refractivity contribution is 5.26. The van der Waals surface area contributed by atoms with Crippen molar-refractivity contribution >= 4 is 0 Å². The lowest BCUT2D eigenvalue weighted by Gasteiger charge is -2.09. The molecule has 0 bridgehead atoms. The van der Waals surface area contributed by atoms with E-state index in [1.54, 1.807) is 0 Å². The Morgan fingerprint density at radius 1 is 1.21 bits per heavy atom. The highest BCUT2D eigenvalue weighted by atomic mass is 14.8. The van der Waals surface area contributed by atoms with E-state index >= 15 is 0 Å². The molecule has 0 aromatic rings. The van der Waals surface area contributed by atoms with Gasteiger partial charge in [0.25, 0.3) is 0 Å². The second-order valence-electron chi connectivity index (χ2n) is 3.60. The fourth-order valence-electron chi connectivity index (χ4n) is 1.19. The standard InChI is InChI=1S/C12H24N2/c1-6-10(2)9-12(7-8-13-4)11(3)14-5/h9,13-14H,6-8H2,1-5H3/b10-9+,12-11-. The summed E-state index contributed by atoms with van der Waals surface area (Å²) in [6, 6.07) is 0. The Hall–Kier alpha value is -0.760. The van der Waals surface area contributed by atoms with Crippen LogP contribution < -0.4 is 10.6 Å². The molecule has 0 aliphatic rings. The third kappa shape index (κ3) is 5.07. The third-order valence-electron chi connectivity index (χ3n) is 2.48. The van der Waals surface area contributed by atoms with Crippen LogP contribution in [0, 0.1) is 0 Å². The van der Waals surface area contributed by atoms with Crippen molar-refractivity contribution in [3.8, 4) is 0 Å². The number of rotatable bonds is 6. The molecule has 2 N–H and O–H groups in total. The van der Waals surface area contributed by atoms with E-state index in [2.05, 4.69) is 37.5 Å². The minimum atomic E-state index is 1.03. The molecule has 0 spiro atoms. The second kappa shape index (κ2) is 7.63. The van der Waals surface area contributed by atoms with Gasteiger partial charge in [0.05, 0.1) is 0 Å². The predicted octanol–water partition coefficient (Wildman–Crippen LogP) is 2.45. The molecule has 0 heterocycles. The topological polar surface area (TPSA) is 24.1 Å². The molecule has 0 aromatic heterocycles. The molecule has 2 nitrogen and oxygen atoms in total. The molecule has 0 amide bonds. The lowest BCUT2D eigenvalue weighted by Crippen LogP contribution is -2.12. The fourth-order valence-corrected chi connectivity index (χ4v) is 1.19. The first-order valence-corrected chi connectivity index (χ1v) is 5.35. The summed E-state index contributed by atoms with van der Waals surface area (Å²) in [5.74, 6) is 0.